The van der Waals surface area contributed by atoms with Gasteiger partial charge in [-0.25, -0.2) is 0 Å². The minimum atomic E-state index is -0.412. The van der Waals surface area contributed by atoms with E-state index in [9.17, 15) is 4.79 Å². The second kappa shape index (κ2) is 5.77. The van der Waals surface area contributed by atoms with E-state index in [1.807, 2.05) is 11.7 Å². The number of fused-ring (bicyclic) bond motifs is 1. The second-order valence-corrected chi connectivity index (χ2v) is 6.17. The lowest BCUT2D eigenvalue weighted by atomic mass is 10.0. The van der Waals surface area contributed by atoms with Crippen LogP contribution in [0.1, 0.15) is 41.5 Å². The van der Waals surface area contributed by atoms with E-state index in [-0.39, 0.29) is 0 Å². The molecule has 1 aromatic heterocycles. The Labute approximate surface area is 125 Å². The van der Waals surface area contributed by atoms with Crippen molar-refractivity contribution in [1.82, 2.24) is 19.6 Å². The molecule has 1 atom stereocenters. The molecule has 2 N–H and O–H groups in total. The molecule has 3 rings (SSSR count). The molecule has 2 aliphatic rings. The Hall–Kier alpha value is -1.40. The van der Waals surface area contributed by atoms with Crippen molar-refractivity contribution in [3.63, 3.8) is 0 Å². The monoisotopic (exact) mass is 291 g/mol. The number of aryl methyl sites for hydroxylation is 1. The zero-order valence-corrected chi connectivity index (χ0v) is 13.0. The molecule has 1 fully saturated rings. The van der Waals surface area contributed by atoms with Gasteiger partial charge in [0.25, 0.3) is 5.91 Å². The number of likely N-dealkylation sites (tertiary alicyclic amines) is 1. The molecule has 0 radical (unpaired) electrons. The number of hydrogen-bond donors (Lipinski definition) is 1. The zero-order valence-electron chi connectivity index (χ0n) is 13.0. The van der Waals surface area contributed by atoms with E-state index in [1.54, 1.807) is 0 Å². The van der Waals surface area contributed by atoms with E-state index in [1.165, 1.54) is 25.1 Å². The van der Waals surface area contributed by atoms with Crippen molar-refractivity contribution in [2.45, 2.75) is 38.8 Å². The number of hydrogen-bond acceptors (Lipinski definition) is 4. The maximum Gasteiger partial charge on any atom is 0.269 e. The highest BCUT2D eigenvalue weighted by molar-refractivity contribution is 5.92. The van der Waals surface area contributed by atoms with Gasteiger partial charge in [-0.15, -0.1) is 0 Å². The lowest BCUT2D eigenvalue weighted by Gasteiger charge is -2.32. The number of amides is 1. The predicted molar refractivity (Wildman–Crippen MR) is 81.0 cm³/mol. The van der Waals surface area contributed by atoms with E-state index in [0.29, 0.717) is 11.7 Å². The summed E-state index contributed by atoms with van der Waals surface area (Å²) in [6, 6.07) is 0.658. The van der Waals surface area contributed by atoms with Gasteiger partial charge in [0, 0.05) is 50.4 Å². The summed E-state index contributed by atoms with van der Waals surface area (Å²) >= 11 is 0. The summed E-state index contributed by atoms with van der Waals surface area (Å²) in [7, 11) is 1.90. The van der Waals surface area contributed by atoms with Gasteiger partial charge in [-0.3, -0.25) is 19.3 Å². The normalized spacial score (nSPS) is 23.4. The fourth-order valence-corrected chi connectivity index (χ4v) is 3.82. The van der Waals surface area contributed by atoms with E-state index in [4.69, 9.17) is 5.73 Å². The third kappa shape index (κ3) is 2.70. The first-order chi connectivity index (χ1) is 10.1. The van der Waals surface area contributed by atoms with Crippen molar-refractivity contribution in [2.24, 2.45) is 12.8 Å². The number of primary amides is 1. The summed E-state index contributed by atoms with van der Waals surface area (Å²) in [6.07, 6.45) is 3.54. The maximum atomic E-state index is 11.6. The van der Waals surface area contributed by atoms with Crippen molar-refractivity contribution in [1.29, 1.82) is 0 Å². The lowest BCUT2D eigenvalue weighted by molar-refractivity contribution is 0.0992. The van der Waals surface area contributed by atoms with Crippen LogP contribution in [0, 0.1) is 0 Å². The number of nitrogens with two attached hydrogens (primary N) is 1. The topological polar surface area (TPSA) is 67.4 Å². The molecular formula is C15H25N5O. The molecule has 0 bridgehead atoms. The summed E-state index contributed by atoms with van der Waals surface area (Å²) < 4.78 is 1.82. The average molecular weight is 291 g/mol. The van der Waals surface area contributed by atoms with Crippen LogP contribution >= 0.6 is 0 Å². The largest absolute Gasteiger partial charge is 0.364 e. The minimum Gasteiger partial charge on any atom is -0.364 e. The Kier molecular flexibility index (Phi) is 3.99. The number of rotatable bonds is 4. The Morgan fingerprint density at radius 1 is 1.43 bits per heavy atom. The lowest BCUT2D eigenvalue weighted by Crippen LogP contribution is -2.42. The molecule has 6 heteroatoms. The summed E-state index contributed by atoms with van der Waals surface area (Å²) in [5.74, 6) is -0.412. The van der Waals surface area contributed by atoms with E-state index in [0.717, 1.165) is 38.2 Å². The first kappa shape index (κ1) is 14.5. The quantitative estimate of drug-likeness (QED) is 0.870. The zero-order chi connectivity index (χ0) is 15.0. The molecule has 0 saturated carbocycles. The molecule has 3 heterocycles. The van der Waals surface area contributed by atoms with Crippen molar-refractivity contribution < 1.29 is 4.79 Å². The highest BCUT2D eigenvalue weighted by Gasteiger charge is 2.30. The SMILES string of the molecule is CCN1CCC[C@H]1CN1CCc2c(c(C(N)=O)nn2C)C1. The highest BCUT2D eigenvalue weighted by atomic mass is 16.1. The fraction of sp³-hybridized carbons (Fsp3) is 0.733. The van der Waals surface area contributed by atoms with Crippen molar-refractivity contribution in [3.05, 3.63) is 17.0 Å². The smallest absolute Gasteiger partial charge is 0.269 e. The third-order valence-corrected chi connectivity index (χ3v) is 4.93. The van der Waals surface area contributed by atoms with Crippen LogP contribution in [0.4, 0.5) is 0 Å². The van der Waals surface area contributed by atoms with Gasteiger partial charge in [0.05, 0.1) is 0 Å². The van der Waals surface area contributed by atoms with Gasteiger partial charge in [-0.2, -0.15) is 5.10 Å². The fourth-order valence-electron chi connectivity index (χ4n) is 3.82. The third-order valence-electron chi connectivity index (χ3n) is 4.93. The van der Waals surface area contributed by atoms with Gasteiger partial charge < -0.3 is 5.73 Å². The molecule has 1 saturated heterocycles. The minimum absolute atomic E-state index is 0.412. The molecule has 1 amide bonds. The summed E-state index contributed by atoms with van der Waals surface area (Å²) in [4.78, 5) is 16.6. The van der Waals surface area contributed by atoms with Gasteiger partial charge in [-0.05, 0) is 25.9 Å². The van der Waals surface area contributed by atoms with Crippen molar-refractivity contribution >= 4 is 5.91 Å². The van der Waals surface area contributed by atoms with E-state index < -0.39 is 5.91 Å². The number of likely N-dealkylation sites (N-methyl/N-ethyl adjacent to an activating group) is 1. The maximum absolute atomic E-state index is 11.6. The van der Waals surface area contributed by atoms with E-state index >= 15 is 0 Å². The number of aromatic nitrogens is 2. The Morgan fingerprint density at radius 2 is 2.24 bits per heavy atom. The van der Waals surface area contributed by atoms with Crippen molar-refractivity contribution in [3.8, 4) is 0 Å². The number of carbonyl (C=O) groups excluding carboxylic acids is 1. The molecular weight excluding hydrogens is 266 g/mol. The Morgan fingerprint density at radius 3 is 2.95 bits per heavy atom. The second-order valence-electron chi connectivity index (χ2n) is 6.17. The van der Waals surface area contributed by atoms with Crippen LogP contribution in [0.15, 0.2) is 0 Å². The van der Waals surface area contributed by atoms with E-state index in [2.05, 4.69) is 21.8 Å². The van der Waals surface area contributed by atoms with Crippen LogP contribution in [-0.2, 0) is 20.0 Å². The average Bonchev–Trinajstić information content (AvgIpc) is 3.03. The Bertz CT molecular complexity index is 538. The Balaban J connectivity index is 1.73. The number of nitrogens with zero attached hydrogens (tertiary/aromatic N) is 4. The van der Waals surface area contributed by atoms with Crippen LogP contribution in [-0.4, -0.2) is 57.7 Å². The first-order valence-electron chi connectivity index (χ1n) is 7.91. The summed E-state index contributed by atoms with van der Waals surface area (Å²) in [5, 5.41) is 4.29. The van der Waals surface area contributed by atoms with Crippen LogP contribution < -0.4 is 5.73 Å². The molecule has 0 aromatic carbocycles. The van der Waals surface area contributed by atoms with Gasteiger partial charge >= 0.3 is 0 Å². The summed E-state index contributed by atoms with van der Waals surface area (Å²) in [5.41, 5.74) is 8.12. The standard InChI is InChI=1S/C15H25N5O/c1-3-20-7-4-5-11(20)9-19-8-6-13-12(10-19)14(15(16)21)17-18(13)2/h11H,3-10H2,1-2H3,(H2,16,21)/t11-/m0/s1. The molecule has 1 aromatic rings. The molecule has 0 aliphatic carbocycles. The molecule has 116 valence electrons. The van der Waals surface area contributed by atoms with Crippen LogP contribution in [0.3, 0.4) is 0 Å². The van der Waals surface area contributed by atoms with Crippen LogP contribution in [0.5, 0.6) is 0 Å². The molecule has 0 unspecified atom stereocenters. The van der Waals surface area contributed by atoms with Crippen molar-refractivity contribution in [2.75, 3.05) is 26.2 Å². The first-order valence-corrected chi connectivity index (χ1v) is 7.91. The molecule has 0 spiro atoms. The predicted octanol–water partition coefficient (Wildman–Crippen LogP) is 0.361. The van der Waals surface area contributed by atoms with Gasteiger partial charge in [0.2, 0.25) is 0 Å². The number of carbonyl (C=O) groups is 1. The molecule has 21 heavy (non-hydrogen) atoms. The van der Waals surface area contributed by atoms with Crippen LogP contribution in [0.25, 0.3) is 0 Å². The highest BCUT2D eigenvalue weighted by Crippen LogP contribution is 2.24. The van der Waals surface area contributed by atoms with Gasteiger partial charge in [-0.1, -0.05) is 6.92 Å². The molecule has 2 aliphatic heterocycles. The van der Waals surface area contributed by atoms with Gasteiger partial charge in [0.1, 0.15) is 0 Å². The van der Waals surface area contributed by atoms with Gasteiger partial charge in [0.15, 0.2) is 5.69 Å². The van der Waals surface area contributed by atoms with Crippen LogP contribution in [0.2, 0.25) is 0 Å². The molecule has 6 nitrogen and oxygen atoms in total. The summed E-state index contributed by atoms with van der Waals surface area (Å²) in [6.45, 7) is 7.51.